The lowest BCUT2D eigenvalue weighted by atomic mass is 9.73. The lowest BCUT2D eigenvalue weighted by Crippen LogP contribution is -2.22. The third-order valence-corrected chi connectivity index (χ3v) is 12.7. The van der Waals surface area contributed by atoms with Crippen molar-refractivity contribution >= 4 is 8.25 Å². The van der Waals surface area contributed by atoms with Gasteiger partial charge in [0, 0.05) is 5.56 Å². The Morgan fingerprint density at radius 2 is 0.839 bits per heavy atom. The molecule has 2 unspecified atom stereocenters. The Balaban J connectivity index is 2.70. The maximum absolute atomic E-state index is 12.3. The van der Waals surface area contributed by atoms with Crippen LogP contribution >= 0.6 is 8.25 Å². The average Bonchev–Trinajstić information content (AvgIpc) is 3.12. The highest BCUT2D eigenvalue weighted by Gasteiger charge is 2.32. The predicted molar refractivity (Wildman–Crippen MR) is 248 cm³/mol. The summed E-state index contributed by atoms with van der Waals surface area (Å²) in [4.78, 5) is 10.1. The van der Waals surface area contributed by atoms with Gasteiger partial charge < -0.3 is 14.5 Å². The van der Waals surface area contributed by atoms with Crippen LogP contribution < -0.4 is 0 Å². The van der Waals surface area contributed by atoms with Gasteiger partial charge in [-0.05, 0) is 52.8 Å². The van der Waals surface area contributed by atoms with Crippen LogP contribution in [0.1, 0.15) is 296 Å². The SMILES string of the molecule is CCCCCCCCCCCCCCCCCCc1c(C(CCCCCCCCCCCCCCCCCC)O[PH](=O)O)cc(C(C)(C)C)c(O)c1C(C)(C)C. The Bertz CT molecular complexity index is 1100. The van der Waals surface area contributed by atoms with Gasteiger partial charge in [0.25, 0.3) is 0 Å². The summed E-state index contributed by atoms with van der Waals surface area (Å²) in [5, 5.41) is 11.8. The second kappa shape index (κ2) is 33.0. The Kier molecular flexibility index (Phi) is 31.3. The minimum absolute atomic E-state index is 0.269. The molecule has 0 aliphatic heterocycles. The largest absolute Gasteiger partial charge is 0.507 e. The molecular formula is C51H97O4P. The molecule has 0 aliphatic carbocycles. The number of phenols is 1. The smallest absolute Gasteiger partial charge is 0.317 e. The quantitative estimate of drug-likeness (QED) is 0.0519. The molecule has 5 heteroatoms. The van der Waals surface area contributed by atoms with Gasteiger partial charge in [-0.25, -0.2) is 0 Å². The highest BCUT2D eigenvalue weighted by atomic mass is 31.1. The van der Waals surface area contributed by atoms with E-state index >= 15 is 0 Å². The average molecular weight is 805 g/mol. The van der Waals surface area contributed by atoms with Crippen LogP contribution in [0.3, 0.4) is 0 Å². The summed E-state index contributed by atoms with van der Waals surface area (Å²) in [6.45, 7) is 17.6. The van der Waals surface area contributed by atoms with E-state index in [9.17, 15) is 14.6 Å². The van der Waals surface area contributed by atoms with E-state index in [1.807, 2.05) is 0 Å². The maximum Gasteiger partial charge on any atom is 0.317 e. The molecule has 1 aromatic rings. The molecule has 330 valence electrons. The second-order valence-corrected chi connectivity index (χ2v) is 20.5. The summed E-state index contributed by atoms with van der Waals surface area (Å²) >= 11 is 0. The zero-order valence-electron chi connectivity index (χ0n) is 38.9. The summed E-state index contributed by atoms with van der Waals surface area (Å²) in [6, 6.07) is 2.13. The lowest BCUT2D eigenvalue weighted by molar-refractivity contribution is 0.176. The molecule has 1 aromatic carbocycles. The number of hydrogen-bond donors (Lipinski definition) is 2. The fourth-order valence-corrected chi connectivity index (χ4v) is 9.28. The first-order valence-electron chi connectivity index (χ1n) is 24.6. The molecule has 0 radical (unpaired) electrons. The van der Waals surface area contributed by atoms with Crippen molar-refractivity contribution in [3.05, 3.63) is 28.3 Å². The highest BCUT2D eigenvalue weighted by molar-refractivity contribution is 7.32. The molecule has 0 spiro atoms. The van der Waals surface area contributed by atoms with Crippen molar-refractivity contribution in [1.82, 2.24) is 0 Å². The van der Waals surface area contributed by atoms with Crippen LogP contribution in [0.15, 0.2) is 6.07 Å². The van der Waals surface area contributed by atoms with E-state index in [0.717, 1.165) is 54.4 Å². The first-order valence-corrected chi connectivity index (χ1v) is 25.9. The van der Waals surface area contributed by atoms with E-state index in [1.165, 1.54) is 186 Å². The van der Waals surface area contributed by atoms with Crippen LogP contribution in [0.5, 0.6) is 5.75 Å². The Morgan fingerprint density at radius 3 is 1.14 bits per heavy atom. The Labute approximate surface area is 350 Å². The van der Waals surface area contributed by atoms with Gasteiger partial charge in [-0.3, -0.25) is 4.57 Å². The zero-order valence-corrected chi connectivity index (χ0v) is 39.9. The Morgan fingerprint density at radius 1 is 0.518 bits per heavy atom. The van der Waals surface area contributed by atoms with Crippen molar-refractivity contribution in [1.29, 1.82) is 0 Å². The van der Waals surface area contributed by atoms with E-state index in [-0.39, 0.29) is 10.8 Å². The van der Waals surface area contributed by atoms with Crippen molar-refractivity contribution in [2.45, 2.75) is 291 Å². The van der Waals surface area contributed by atoms with Crippen molar-refractivity contribution in [3.8, 4) is 5.75 Å². The molecule has 1 rings (SSSR count). The fraction of sp³-hybridized carbons (Fsp3) is 0.882. The van der Waals surface area contributed by atoms with Crippen LogP contribution in [-0.4, -0.2) is 10.00 Å². The lowest BCUT2D eigenvalue weighted by Gasteiger charge is -2.33. The summed E-state index contributed by atoms with van der Waals surface area (Å²) < 4.78 is 18.3. The zero-order chi connectivity index (χ0) is 41.5. The van der Waals surface area contributed by atoms with Gasteiger partial charge in [0.05, 0.1) is 6.10 Å². The molecule has 2 atom stereocenters. The van der Waals surface area contributed by atoms with E-state index in [1.54, 1.807) is 0 Å². The van der Waals surface area contributed by atoms with Crippen molar-refractivity contribution < 1.29 is 19.1 Å². The van der Waals surface area contributed by atoms with Crippen molar-refractivity contribution in [2.75, 3.05) is 0 Å². The van der Waals surface area contributed by atoms with Crippen LogP contribution in [0, 0.1) is 0 Å². The molecule has 4 nitrogen and oxygen atoms in total. The third kappa shape index (κ3) is 25.6. The molecule has 56 heavy (non-hydrogen) atoms. The van der Waals surface area contributed by atoms with Crippen LogP contribution in [0.25, 0.3) is 0 Å². The monoisotopic (exact) mass is 805 g/mol. The summed E-state index contributed by atoms with van der Waals surface area (Å²) in [7, 11) is -3.14. The third-order valence-electron chi connectivity index (χ3n) is 12.2. The second-order valence-electron chi connectivity index (χ2n) is 19.7. The van der Waals surface area contributed by atoms with Gasteiger partial charge in [0.2, 0.25) is 0 Å². The number of unbranched alkanes of at least 4 members (excludes halogenated alkanes) is 30. The van der Waals surface area contributed by atoms with Gasteiger partial charge in [-0.15, -0.1) is 0 Å². The molecule has 0 aliphatic rings. The Hall–Kier alpha value is -0.830. The van der Waals surface area contributed by atoms with Gasteiger partial charge in [-0.2, -0.15) is 0 Å². The van der Waals surface area contributed by atoms with Crippen molar-refractivity contribution in [3.63, 3.8) is 0 Å². The number of rotatable bonds is 37. The predicted octanol–water partition coefficient (Wildman–Crippen LogP) is 17.9. The molecule has 0 fully saturated rings. The first kappa shape index (κ1) is 53.2. The van der Waals surface area contributed by atoms with Crippen LogP contribution in [0.2, 0.25) is 0 Å². The van der Waals surface area contributed by atoms with Gasteiger partial charge >= 0.3 is 8.25 Å². The fourth-order valence-electron chi connectivity index (χ4n) is 8.80. The molecule has 0 heterocycles. The summed E-state index contributed by atoms with van der Waals surface area (Å²) in [5.74, 6) is 0.401. The highest BCUT2D eigenvalue weighted by Crippen LogP contribution is 2.47. The van der Waals surface area contributed by atoms with E-state index in [0.29, 0.717) is 5.75 Å². The number of aromatic hydroxyl groups is 1. The minimum atomic E-state index is -3.14. The molecular weight excluding hydrogens is 708 g/mol. The normalized spacial score (nSPS) is 13.4. The number of hydrogen-bond acceptors (Lipinski definition) is 3. The molecule has 0 aromatic heterocycles. The van der Waals surface area contributed by atoms with E-state index in [2.05, 4.69) is 61.5 Å². The van der Waals surface area contributed by atoms with Crippen molar-refractivity contribution in [2.24, 2.45) is 0 Å². The van der Waals surface area contributed by atoms with Gasteiger partial charge in [0.1, 0.15) is 5.75 Å². The molecule has 2 N–H and O–H groups in total. The minimum Gasteiger partial charge on any atom is -0.507 e. The summed E-state index contributed by atoms with van der Waals surface area (Å²) in [6.07, 6.45) is 43.8. The maximum atomic E-state index is 12.3. The standard InChI is InChI=1S/C51H97O4P/c1-9-11-13-15-17-19-21-23-25-27-29-31-33-35-37-39-41-44-45(43-46(50(3,4)5)49(52)48(44)51(6,7)8)47(55-56(53)54)42-40-38-36-34-32-30-28-26-24-22-20-18-16-14-12-10-2/h43,47,52,56H,9-42H2,1-8H3,(H,53,54). The molecule has 0 saturated carbocycles. The van der Waals surface area contributed by atoms with Gasteiger partial charge in [0.15, 0.2) is 0 Å². The first-order chi connectivity index (χ1) is 26.8. The number of phenolic OH excluding ortho intramolecular Hbond substituents is 1. The molecule has 0 saturated heterocycles. The van der Waals surface area contributed by atoms with Gasteiger partial charge in [-0.1, -0.05) is 254 Å². The van der Waals surface area contributed by atoms with E-state index in [4.69, 9.17) is 4.52 Å². The van der Waals surface area contributed by atoms with Crippen LogP contribution in [0.4, 0.5) is 0 Å². The molecule has 0 amide bonds. The topological polar surface area (TPSA) is 66.8 Å². The summed E-state index contributed by atoms with van der Waals surface area (Å²) in [5.41, 5.74) is 3.55. The number of benzene rings is 1. The molecule has 0 bridgehead atoms. The van der Waals surface area contributed by atoms with Crippen LogP contribution in [-0.2, 0) is 26.3 Å². The van der Waals surface area contributed by atoms with E-state index < -0.39 is 14.4 Å².